The molecule has 7 nitrogen and oxygen atoms in total. The summed E-state index contributed by atoms with van der Waals surface area (Å²) in [6.07, 6.45) is -1.36. The van der Waals surface area contributed by atoms with E-state index in [1.165, 1.54) is 0 Å². The van der Waals surface area contributed by atoms with E-state index < -0.39 is 6.10 Å². The van der Waals surface area contributed by atoms with Crippen molar-refractivity contribution in [3.05, 3.63) is 95.8 Å². The van der Waals surface area contributed by atoms with Crippen LogP contribution >= 0.6 is 0 Å². The first-order valence-corrected chi connectivity index (χ1v) is 10.8. The molecule has 0 fully saturated rings. The topological polar surface area (TPSA) is 84.7 Å². The number of imidazole rings is 1. The Morgan fingerprint density at radius 2 is 1.45 bits per heavy atom. The van der Waals surface area contributed by atoms with Gasteiger partial charge in [0, 0.05) is 0 Å². The summed E-state index contributed by atoms with van der Waals surface area (Å²) in [5.41, 5.74) is 2.36. The number of carbonyl (C=O) groups excluding carboxylic acids is 2. The number of aliphatic hydroxyl groups is 1. The number of aromatic nitrogens is 2. The largest absolute Gasteiger partial charge is 0.483 e. The van der Waals surface area contributed by atoms with Crippen molar-refractivity contribution in [1.82, 2.24) is 14.5 Å². The lowest BCUT2D eigenvalue weighted by Crippen LogP contribution is -2.38. The van der Waals surface area contributed by atoms with Gasteiger partial charge in [0.15, 0.2) is 11.9 Å². The smallest absolute Gasteiger partial charge is 0.261 e. The maximum absolute atomic E-state index is 12.7. The Kier molecular flexibility index (Phi) is 5.40. The van der Waals surface area contributed by atoms with Gasteiger partial charge in [-0.1, -0.05) is 42.5 Å². The van der Waals surface area contributed by atoms with Crippen LogP contribution in [-0.4, -0.2) is 44.0 Å². The molecule has 1 aliphatic rings. The number of benzene rings is 3. The van der Waals surface area contributed by atoms with Crippen LogP contribution in [0.4, 0.5) is 0 Å². The van der Waals surface area contributed by atoms with Crippen LogP contribution in [-0.2, 0) is 6.54 Å². The molecule has 4 aromatic rings. The molecule has 0 aliphatic carbocycles. The highest BCUT2D eigenvalue weighted by molar-refractivity contribution is 6.21. The molecular weight excluding hydrogens is 418 g/mol. The van der Waals surface area contributed by atoms with Crippen LogP contribution in [0.5, 0.6) is 5.75 Å². The standard InChI is InChI=1S/C26H23N3O4/c1-17(33-19-9-3-2-4-10-19)24-27-22-13-7-8-14-23(22)28(24)15-18(30)16-29-25(31)20-11-5-6-12-21(20)26(29)32/h2-14,17-18,30H,15-16H2,1H3/t17-,18-/m0/s1. The summed E-state index contributed by atoms with van der Waals surface area (Å²) in [5.74, 6) is 0.605. The third-order valence-electron chi connectivity index (χ3n) is 5.77. The number of para-hydroxylation sites is 3. The zero-order valence-electron chi connectivity index (χ0n) is 18.1. The van der Waals surface area contributed by atoms with Gasteiger partial charge in [-0.2, -0.15) is 0 Å². The number of fused-ring (bicyclic) bond motifs is 2. The lowest BCUT2D eigenvalue weighted by molar-refractivity contribution is 0.0518. The predicted octanol–water partition coefficient (Wildman–Crippen LogP) is 3.83. The fourth-order valence-corrected chi connectivity index (χ4v) is 4.24. The lowest BCUT2D eigenvalue weighted by Gasteiger charge is -2.22. The summed E-state index contributed by atoms with van der Waals surface area (Å²) < 4.78 is 7.97. The van der Waals surface area contributed by atoms with E-state index in [0.717, 1.165) is 21.7 Å². The third kappa shape index (κ3) is 3.87. The van der Waals surface area contributed by atoms with E-state index in [9.17, 15) is 14.7 Å². The van der Waals surface area contributed by atoms with Gasteiger partial charge in [0.25, 0.3) is 11.8 Å². The molecule has 2 atom stereocenters. The average Bonchev–Trinajstić information content (AvgIpc) is 3.31. The number of hydrogen-bond acceptors (Lipinski definition) is 5. The van der Waals surface area contributed by atoms with E-state index in [1.54, 1.807) is 24.3 Å². The van der Waals surface area contributed by atoms with Crippen molar-refractivity contribution in [2.75, 3.05) is 6.54 Å². The SMILES string of the molecule is C[C@H](Oc1ccccc1)c1nc2ccccc2n1C[C@H](O)CN1C(=O)c2ccccc2C1=O. The molecule has 0 radical (unpaired) electrons. The molecular formula is C26H23N3O4. The molecule has 7 heteroatoms. The van der Waals surface area contributed by atoms with Crippen LogP contribution in [0, 0.1) is 0 Å². The molecule has 3 aromatic carbocycles. The van der Waals surface area contributed by atoms with Crippen LogP contribution in [0.25, 0.3) is 11.0 Å². The fourth-order valence-electron chi connectivity index (χ4n) is 4.24. The van der Waals surface area contributed by atoms with Crippen molar-refractivity contribution in [2.45, 2.75) is 25.7 Å². The second kappa shape index (κ2) is 8.52. The van der Waals surface area contributed by atoms with Crippen molar-refractivity contribution in [1.29, 1.82) is 0 Å². The van der Waals surface area contributed by atoms with Crippen molar-refractivity contribution < 1.29 is 19.4 Å². The molecule has 2 amide bonds. The van der Waals surface area contributed by atoms with Gasteiger partial charge in [-0.3, -0.25) is 14.5 Å². The number of rotatable bonds is 7. The van der Waals surface area contributed by atoms with E-state index in [2.05, 4.69) is 0 Å². The van der Waals surface area contributed by atoms with E-state index in [0.29, 0.717) is 17.0 Å². The number of imide groups is 1. The Labute approximate surface area is 190 Å². The quantitative estimate of drug-likeness (QED) is 0.441. The highest BCUT2D eigenvalue weighted by atomic mass is 16.5. The zero-order valence-corrected chi connectivity index (χ0v) is 18.1. The summed E-state index contributed by atoms with van der Waals surface area (Å²) >= 11 is 0. The lowest BCUT2D eigenvalue weighted by atomic mass is 10.1. The fraction of sp³-hybridized carbons (Fsp3) is 0.192. The van der Waals surface area contributed by atoms with Gasteiger partial charge in [-0.25, -0.2) is 4.98 Å². The molecule has 0 spiro atoms. The van der Waals surface area contributed by atoms with Crippen LogP contribution in [0.1, 0.15) is 39.6 Å². The molecule has 0 bridgehead atoms. The van der Waals surface area contributed by atoms with Crippen LogP contribution < -0.4 is 4.74 Å². The second-order valence-corrected chi connectivity index (χ2v) is 8.06. The maximum atomic E-state index is 12.7. The van der Waals surface area contributed by atoms with Gasteiger partial charge in [-0.15, -0.1) is 0 Å². The molecule has 33 heavy (non-hydrogen) atoms. The number of carbonyl (C=O) groups is 2. The monoisotopic (exact) mass is 441 g/mol. The maximum Gasteiger partial charge on any atom is 0.261 e. The number of amides is 2. The summed E-state index contributed by atoms with van der Waals surface area (Å²) in [6.45, 7) is 1.96. The molecule has 1 aliphatic heterocycles. The van der Waals surface area contributed by atoms with Crippen LogP contribution in [0.15, 0.2) is 78.9 Å². The second-order valence-electron chi connectivity index (χ2n) is 8.06. The molecule has 5 rings (SSSR count). The molecule has 0 saturated heterocycles. The van der Waals surface area contributed by atoms with Crippen molar-refractivity contribution in [3.8, 4) is 5.75 Å². The summed E-state index contributed by atoms with van der Waals surface area (Å²) in [7, 11) is 0. The van der Waals surface area contributed by atoms with Crippen molar-refractivity contribution in [2.24, 2.45) is 0 Å². The average molecular weight is 441 g/mol. The Bertz CT molecular complexity index is 1300. The molecule has 1 N–H and O–H groups in total. The Morgan fingerprint density at radius 1 is 0.848 bits per heavy atom. The Hall–Kier alpha value is -3.97. The molecule has 1 aromatic heterocycles. The molecule has 166 valence electrons. The number of hydrogen-bond donors (Lipinski definition) is 1. The third-order valence-corrected chi connectivity index (χ3v) is 5.77. The van der Waals surface area contributed by atoms with Gasteiger partial charge < -0.3 is 14.4 Å². The van der Waals surface area contributed by atoms with Gasteiger partial charge >= 0.3 is 0 Å². The minimum atomic E-state index is -0.979. The van der Waals surface area contributed by atoms with Crippen LogP contribution in [0.3, 0.4) is 0 Å². The minimum Gasteiger partial charge on any atom is -0.483 e. The predicted molar refractivity (Wildman–Crippen MR) is 123 cm³/mol. The zero-order chi connectivity index (χ0) is 22.9. The number of aliphatic hydroxyl groups excluding tert-OH is 1. The van der Waals surface area contributed by atoms with Gasteiger partial charge in [0.2, 0.25) is 0 Å². The van der Waals surface area contributed by atoms with E-state index >= 15 is 0 Å². The molecule has 0 unspecified atom stereocenters. The van der Waals surface area contributed by atoms with E-state index in [1.807, 2.05) is 66.1 Å². The first kappa shape index (κ1) is 20.9. The van der Waals surface area contributed by atoms with Crippen molar-refractivity contribution >= 4 is 22.8 Å². The summed E-state index contributed by atoms with van der Waals surface area (Å²) in [5, 5.41) is 10.9. The summed E-state index contributed by atoms with van der Waals surface area (Å²) in [6, 6.07) is 23.8. The van der Waals surface area contributed by atoms with Gasteiger partial charge in [0.05, 0.1) is 41.4 Å². The summed E-state index contributed by atoms with van der Waals surface area (Å²) in [4.78, 5) is 31.2. The first-order valence-electron chi connectivity index (χ1n) is 10.8. The molecule has 0 saturated carbocycles. The van der Waals surface area contributed by atoms with Crippen LogP contribution in [0.2, 0.25) is 0 Å². The molecule has 2 heterocycles. The Balaban J connectivity index is 1.40. The normalized spacial score (nSPS) is 15.0. The first-order chi connectivity index (χ1) is 16.0. The highest BCUT2D eigenvalue weighted by Crippen LogP contribution is 2.27. The number of β-amino-alcohol motifs (C(OH)–C–C–N with tert-alkyl or cyclic N) is 1. The van der Waals surface area contributed by atoms with Gasteiger partial charge in [0.1, 0.15) is 5.75 Å². The van der Waals surface area contributed by atoms with Gasteiger partial charge in [-0.05, 0) is 43.3 Å². The van der Waals surface area contributed by atoms with Crippen molar-refractivity contribution in [3.63, 3.8) is 0 Å². The van der Waals surface area contributed by atoms with E-state index in [-0.39, 0.29) is 31.0 Å². The Morgan fingerprint density at radius 3 is 2.15 bits per heavy atom. The number of nitrogens with zero attached hydrogens (tertiary/aromatic N) is 3. The minimum absolute atomic E-state index is 0.105. The highest BCUT2D eigenvalue weighted by Gasteiger charge is 2.36. The number of ether oxygens (including phenoxy) is 1. The van der Waals surface area contributed by atoms with E-state index in [4.69, 9.17) is 9.72 Å².